The van der Waals surface area contributed by atoms with Crippen molar-refractivity contribution in [3.8, 4) is 0 Å². The van der Waals surface area contributed by atoms with Crippen molar-refractivity contribution in [2.45, 2.75) is 5.88 Å². The number of fused-ring (bicyclic) bond motifs is 2. The number of halogens is 4. The summed E-state index contributed by atoms with van der Waals surface area (Å²) < 4.78 is 70.9. The summed E-state index contributed by atoms with van der Waals surface area (Å²) in [6.07, 6.45) is 4.60. The summed E-state index contributed by atoms with van der Waals surface area (Å²) in [6, 6.07) is 6.05. The number of allylic oxidation sites excluding steroid dienone is 2. The van der Waals surface area contributed by atoms with Crippen molar-refractivity contribution < 1.29 is 60.1 Å². The van der Waals surface area contributed by atoms with Crippen LogP contribution >= 0.6 is 46.4 Å². The second-order valence-corrected chi connectivity index (χ2v) is 12.5. The fourth-order valence-corrected chi connectivity index (χ4v) is 5.91. The van der Waals surface area contributed by atoms with Crippen LogP contribution in [-0.2, 0) is 33.2 Å². The molecule has 1 aliphatic rings. The van der Waals surface area contributed by atoms with Crippen molar-refractivity contribution in [1.29, 1.82) is 0 Å². The Morgan fingerprint density at radius 1 is 0.947 bits per heavy atom. The molecule has 2 aromatic carbocycles. The number of rotatable bonds is 6. The van der Waals surface area contributed by atoms with E-state index in [-0.39, 0.29) is 49.6 Å². The van der Waals surface area contributed by atoms with E-state index in [1.165, 1.54) is 33.8 Å². The summed E-state index contributed by atoms with van der Waals surface area (Å²) in [5, 5.41) is 0.869. The molecule has 10 nitrogen and oxygen atoms in total. The number of hydrogen-bond acceptors (Lipinski definition) is 7. The molecule has 0 amide bonds. The Balaban J connectivity index is 0.00000400. The van der Waals surface area contributed by atoms with Crippen LogP contribution in [-0.4, -0.2) is 43.4 Å². The molecule has 0 saturated heterocycles. The van der Waals surface area contributed by atoms with Crippen molar-refractivity contribution in [2.75, 3.05) is 22.7 Å². The minimum Gasteiger partial charge on any atom is -0.745 e. The van der Waals surface area contributed by atoms with Crippen LogP contribution in [0.15, 0.2) is 42.2 Å². The summed E-state index contributed by atoms with van der Waals surface area (Å²) in [5.41, 5.74) is 1.83. The van der Waals surface area contributed by atoms with Crippen LogP contribution in [0.1, 0.15) is 5.82 Å². The summed E-state index contributed by atoms with van der Waals surface area (Å²) in [4.78, 5) is 2.97. The van der Waals surface area contributed by atoms with Crippen molar-refractivity contribution in [3.05, 3.63) is 68.2 Å². The van der Waals surface area contributed by atoms with Gasteiger partial charge in [-0.15, -0.1) is 0 Å². The molecule has 1 aliphatic heterocycles. The third kappa shape index (κ3) is 6.47. The zero-order chi connectivity index (χ0) is 27.4. The van der Waals surface area contributed by atoms with Gasteiger partial charge in [0.15, 0.2) is 22.8 Å². The first kappa shape index (κ1) is 31.5. The number of aromatic nitrogens is 2. The number of anilines is 2. The van der Waals surface area contributed by atoms with Gasteiger partial charge in [-0.1, -0.05) is 52.5 Å². The first-order valence-electron chi connectivity index (χ1n) is 10.2. The van der Waals surface area contributed by atoms with Crippen LogP contribution in [0.3, 0.4) is 0 Å². The average Bonchev–Trinajstić information content (AvgIpc) is 3.13. The molecule has 0 fully saturated rings. The van der Waals surface area contributed by atoms with Crippen molar-refractivity contribution in [3.63, 3.8) is 0 Å². The van der Waals surface area contributed by atoms with E-state index in [2.05, 4.69) is 0 Å². The van der Waals surface area contributed by atoms with Gasteiger partial charge in [0.1, 0.15) is 15.9 Å². The molecule has 2 heterocycles. The molecule has 0 unspecified atom stereocenters. The summed E-state index contributed by atoms with van der Waals surface area (Å²) in [7, 11) is -5.81. The molecule has 17 heteroatoms. The molecule has 0 saturated carbocycles. The Labute approximate surface area is 261 Å². The topological polar surface area (TPSA) is 127 Å². The second kappa shape index (κ2) is 11.5. The number of nitrogens with zero attached hydrogens (tertiary/aromatic N) is 4. The molecular weight excluding hydrogens is 633 g/mol. The Bertz CT molecular complexity index is 1730. The van der Waals surface area contributed by atoms with E-state index in [9.17, 15) is 25.9 Å². The van der Waals surface area contributed by atoms with Crippen molar-refractivity contribution in [2.24, 2.45) is 7.05 Å². The van der Waals surface area contributed by atoms with Crippen molar-refractivity contribution in [1.82, 2.24) is 4.57 Å². The average molecular weight is 651 g/mol. The van der Waals surface area contributed by atoms with Gasteiger partial charge in [-0.25, -0.2) is 17.6 Å². The quantitative estimate of drug-likeness (QED) is 0.240. The number of hydrogen-bond donors (Lipinski definition) is 1. The van der Waals surface area contributed by atoms with E-state index >= 15 is 0 Å². The molecule has 0 atom stereocenters. The Hall–Kier alpha value is -1.03. The molecule has 1 N–H and O–H groups in total. The maximum Gasteiger partial charge on any atom is 1.00 e. The van der Waals surface area contributed by atoms with Crippen LogP contribution < -0.4 is 43.9 Å². The summed E-state index contributed by atoms with van der Waals surface area (Å²) in [5.74, 6) is -0.970. The van der Waals surface area contributed by atoms with E-state index in [1.807, 2.05) is 0 Å². The largest absolute Gasteiger partial charge is 1.00 e. The summed E-state index contributed by atoms with van der Waals surface area (Å²) in [6.45, 7) is 0. The van der Waals surface area contributed by atoms with Gasteiger partial charge in [0.05, 0.1) is 38.5 Å². The SMILES string of the molecule is CN1/C(=C\C=C\c2n(CS(=O)(=O)[O-])c3cc(Cl)c(Cl)cc3[n+]2C)N(CS(=O)(=O)O)c2cc(Cl)c(Cl)cc21.[Na+]. The van der Waals surface area contributed by atoms with Crippen LogP contribution in [0.2, 0.25) is 20.1 Å². The standard InChI is InChI=1S/C21H18Cl4N4O6S2.Na/c1-26-16-6-12(22)14(24)8-18(16)28(10-36(30,31)32)20(26)4-3-5-21-27(2)17-7-13(23)15(25)9-19(17)29(21)11-37(33,34)35;/h3-9H,10-11H2,1-2H3,(H-,30,31,32,33,34,35);/q;+1. The molecule has 3 aromatic rings. The molecule has 1 aromatic heterocycles. The van der Waals surface area contributed by atoms with Crippen LogP contribution in [0.5, 0.6) is 0 Å². The maximum atomic E-state index is 11.7. The fraction of sp³-hybridized carbons (Fsp3) is 0.190. The zero-order valence-electron chi connectivity index (χ0n) is 20.1. The van der Waals surface area contributed by atoms with E-state index in [1.54, 1.807) is 41.8 Å². The molecule has 0 radical (unpaired) electrons. The molecule has 4 rings (SSSR count). The Morgan fingerprint density at radius 2 is 1.50 bits per heavy atom. The van der Waals surface area contributed by atoms with Gasteiger partial charge in [-0.3, -0.25) is 4.55 Å². The normalized spacial score (nSPS) is 15.1. The van der Waals surface area contributed by atoms with E-state index in [0.717, 1.165) is 0 Å². The van der Waals surface area contributed by atoms with Gasteiger partial charge in [0, 0.05) is 25.3 Å². The van der Waals surface area contributed by atoms with Gasteiger partial charge < -0.3 is 14.4 Å². The molecule has 0 bridgehead atoms. The molecule has 38 heavy (non-hydrogen) atoms. The van der Waals surface area contributed by atoms with Crippen molar-refractivity contribution >= 4 is 95.1 Å². The number of benzene rings is 2. The van der Waals surface area contributed by atoms with E-state index in [4.69, 9.17) is 46.4 Å². The second-order valence-electron chi connectivity index (χ2n) is 8.12. The fourth-order valence-electron chi connectivity index (χ4n) is 4.09. The van der Waals surface area contributed by atoms with E-state index in [0.29, 0.717) is 34.1 Å². The third-order valence-electron chi connectivity index (χ3n) is 5.65. The minimum atomic E-state index is -4.69. The van der Waals surface area contributed by atoms with Gasteiger partial charge in [0.2, 0.25) is 0 Å². The zero-order valence-corrected chi connectivity index (χ0v) is 26.7. The van der Waals surface area contributed by atoms with Crippen LogP contribution in [0.4, 0.5) is 11.4 Å². The van der Waals surface area contributed by atoms with Gasteiger partial charge >= 0.3 is 29.6 Å². The smallest absolute Gasteiger partial charge is 0.745 e. The van der Waals surface area contributed by atoms with Crippen LogP contribution in [0.25, 0.3) is 17.1 Å². The number of aryl methyl sites for hydroxylation is 1. The van der Waals surface area contributed by atoms with E-state index < -0.39 is 32.0 Å². The third-order valence-corrected chi connectivity index (χ3v) is 8.25. The predicted molar refractivity (Wildman–Crippen MR) is 144 cm³/mol. The monoisotopic (exact) mass is 649 g/mol. The van der Waals surface area contributed by atoms with Gasteiger partial charge in [0.25, 0.3) is 15.9 Å². The molecule has 0 aliphatic carbocycles. The first-order valence-corrected chi connectivity index (χ1v) is 14.9. The van der Waals surface area contributed by atoms with Crippen LogP contribution in [0, 0.1) is 0 Å². The molecular formula is C21H18Cl4N4NaO6S2+. The predicted octanol–water partition coefficient (Wildman–Crippen LogP) is 1.24. The Morgan fingerprint density at radius 3 is 2.08 bits per heavy atom. The maximum absolute atomic E-state index is 11.7. The minimum absolute atomic E-state index is 0. The molecule has 198 valence electrons. The molecule has 0 spiro atoms. The van der Waals surface area contributed by atoms with Gasteiger partial charge in [-0.2, -0.15) is 8.42 Å². The number of imidazole rings is 1. The summed E-state index contributed by atoms with van der Waals surface area (Å²) >= 11 is 24.5. The first-order chi connectivity index (χ1) is 17.1. The Kier molecular flexibility index (Phi) is 9.49. The van der Waals surface area contributed by atoms with Gasteiger partial charge in [-0.05, 0) is 18.2 Å².